The fourth-order valence-electron chi connectivity index (χ4n) is 0.331. The molecule has 0 bridgehead atoms. The number of hydrogen-bond acceptors (Lipinski definition) is 4. The summed E-state index contributed by atoms with van der Waals surface area (Å²) in [4.78, 5) is 4.48. The van der Waals surface area contributed by atoms with Crippen LogP contribution in [0.15, 0.2) is 23.9 Å². The Bertz CT molecular complexity index is 132. The minimum atomic E-state index is -0.00347. The van der Waals surface area contributed by atoms with E-state index in [1.807, 2.05) is 0 Å². The molecule has 0 aromatic heterocycles. The van der Waals surface area contributed by atoms with Gasteiger partial charge >= 0.3 is 0 Å². The van der Waals surface area contributed by atoms with Crippen molar-refractivity contribution < 1.29 is 9.94 Å². The monoisotopic (exact) mass is 114 g/mol. The summed E-state index contributed by atoms with van der Waals surface area (Å²) in [5.74, 6) is -0.00347. The normalized spacial score (nSPS) is 17.5. The first-order valence-electron chi connectivity index (χ1n) is 2.07. The van der Waals surface area contributed by atoms with Gasteiger partial charge in [0.2, 0.25) is 0 Å². The molecule has 1 aliphatic heterocycles. The Morgan fingerprint density at radius 1 is 1.75 bits per heavy atom. The molecule has 4 nitrogen and oxygen atoms in total. The number of hydrogen-bond donors (Lipinski definition) is 3. The number of nitrogens with two attached hydrogens (primary N) is 1. The van der Waals surface area contributed by atoms with E-state index in [1.165, 1.54) is 12.5 Å². The molecule has 0 aromatic rings. The van der Waals surface area contributed by atoms with Gasteiger partial charge in [0.15, 0.2) is 5.76 Å². The summed E-state index contributed by atoms with van der Waals surface area (Å²) in [6.07, 6.45) is 2.48. The predicted octanol–water partition coefficient (Wildman–Crippen LogP) is -0.279. The molecule has 0 saturated heterocycles. The van der Waals surface area contributed by atoms with Crippen molar-refractivity contribution in [1.82, 2.24) is 5.48 Å². The SMILES string of the molecule is NC1=CONC=C1O. The average molecular weight is 114 g/mol. The summed E-state index contributed by atoms with van der Waals surface area (Å²) in [6.45, 7) is 0. The van der Waals surface area contributed by atoms with Gasteiger partial charge in [-0.1, -0.05) is 0 Å². The quantitative estimate of drug-likeness (QED) is 0.405. The molecule has 4 heteroatoms. The fraction of sp³-hybridized carbons (Fsp3) is 0. The third-order valence-electron chi connectivity index (χ3n) is 0.745. The second-order valence-corrected chi connectivity index (χ2v) is 1.34. The van der Waals surface area contributed by atoms with Crippen LogP contribution in [0.25, 0.3) is 0 Å². The first-order valence-corrected chi connectivity index (χ1v) is 2.07. The van der Waals surface area contributed by atoms with Crippen LogP contribution in [0.1, 0.15) is 0 Å². The van der Waals surface area contributed by atoms with E-state index in [2.05, 4.69) is 10.3 Å². The summed E-state index contributed by atoms with van der Waals surface area (Å²) in [7, 11) is 0. The van der Waals surface area contributed by atoms with Gasteiger partial charge in [-0.3, -0.25) is 0 Å². The first-order chi connectivity index (χ1) is 3.80. The molecule has 0 saturated carbocycles. The summed E-state index contributed by atoms with van der Waals surface area (Å²) in [5, 5.41) is 8.70. The minimum absolute atomic E-state index is 0.00347. The van der Waals surface area contributed by atoms with E-state index in [-0.39, 0.29) is 11.5 Å². The first kappa shape index (κ1) is 4.83. The van der Waals surface area contributed by atoms with Gasteiger partial charge < -0.3 is 15.7 Å². The number of hydroxylamine groups is 1. The van der Waals surface area contributed by atoms with E-state index >= 15 is 0 Å². The van der Waals surface area contributed by atoms with Gasteiger partial charge in [0.25, 0.3) is 0 Å². The van der Waals surface area contributed by atoms with E-state index in [4.69, 9.17) is 10.8 Å². The molecular weight excluding hydrogens is 108 g/mol. The highest BCUT2D eigenvalue weighted by Crippen LogP contribution is 2.00. The number of rotatable bonds is 0. The second-order valence-electron chi connectivity index (χ2n) is 1.34. The van der Waals surface area contributed by atoms with Crippen LogP contribution >= 0.6 is 0 Å². The third kappa shape index (κ3) is 0.676. The lowest BCUT2D eigenvalue weighted by molar-refractivity contribution is 0.158. The number of aliphatic hydroxyl groups is 1. The van der Waals surface area contributed by atoms with Gasteiger partial charge in [-0.2, -0.15) is 0 Å². The largest absolute Gasteiger partial charge is 0.504 e. The second kappa shape index (κ2) is 1.65. The zero-order valence-corrected chi connectivity index (χ0v) is 4.09. The van der Waals surface area contributed by atoms with Crippen LogP contribution in [-0.2, 0) is 4.84 Å². The molecule has 1 heterocycles. The topological polar surface area (TPSA) is 67.5 Å². The highest BCUT2D eigenvalue weighted by Gasteiger charge is 2.00. The van der Waals surface area contributed by atoms with Crippen LogP contribution in [0, 0.1) is 0 Å². The molecule has 1 rings (SSSR count). The van der Waals surface area contributed by atoms with Crippen molar-refractivity contribution in [1.29, 1.82) is 0 Å². The minimum Gasteiger partial charge on any atom is -0.504 e. The molecule has 4 N–H and O–H groups in total. The van der Waals surface area contributed by atoms with Crippen LogP contribution in [0.2, 0.25) is 0 Å². The van der Waals surface area contributed by atoms with Crippen molar-refractivity contribution in [3.05, 3.63) is 23.9 Å². The highest BCUT2D eigenvalue weighted by atomic mass is 16.6. The van der Waals surface area contributed by atoms with Crippen LogP contribution in [-0.4, -0.2) is 5.11 Å². The maximum atomic E-state index is 8.70. The maximum absolute atomic E-state index is 8.70. The molecule has 8 heavy (non-hydrogen) atoms. The van der Waals surface area contributed by atoms with Crippen molar-refractivity contribution >= 4 is 0 Å². The van der Waals surface area contributed by atoms with Gasteiger partial charge in [-0.15, -0.1) is 0 Å². The zero-order valence-electron chi connectivity index (χ0n) is 4.09. The number of aliphatic hydroxyl groups excluding tert-OH is 1. The number of nitrogens with one attached hydrogen (secondary N) is 1. The van der Waals surface area contributed by atoms with Gasteiger partial charge in [0.1, 0.15) is 12.0 Å². The standard InChI is InChI=1S/C4H6N2O2/c5-3-2-8-6-1-4(3)7/h1-2,6-7H,5H2. The molecule has 0 fully saturated rings. The Hall–Kier alpha value is -1.32. The van der Waals surface area contributed by atoms with E-state index in [9.17, 15) is 0 Å². The molecular formula is C4H6N2O2. The van der Waals surface area contributed by atoms with Crippen LogP contribution < -0.4 is 11.2 Å². The van der Waals surface area contributed by atoms with Crippen LogP contribution in [0.3, 0.4) is 0 Å². The van der Waals surface area contributed by atoms with E-state index in [0.717, 1.165) is 0 Å². The molecule has 0 atom stereocenters. The smallest absolute Gasteiger partial charge is 0.160 e. The van der Waals surface area contributed by atoms with Crippen LogP contribution in [0.4, 0.5) is 0 Å². The Kier molecular flexibility index (Phi) is 0.997. The lowest BCUT2D eigenvalue weighted by Crippen LogP contribution is -2.14. The summed E-state index contributed by atoms with van der Waals surface area (Å²) in [6, 6.07) is 0. The molecule has 0 aromatic carbocycles. The summed E-state index contributed by atoms with van der Waals surface area (Å²) >= 11 is 0. The van der Waals surface area contributed by atoms with Gasteiger partial charge in [0, 0.05) is 0 Å². The van der Waals surface area contributed by atoms with E-state index in [1.54, 1.807) is 0 Å². The summed E-state index contributed by atoms with van der Waals surface area (Å²) in [5.41, 5.74) is 7.68. The lowest BCUT2D eigenvalue weighted by atomic mass is 10.4. The van der Waals surface area contributed by atoms with Gasteiger partial charge in [-0.25, -0.2) is 5.48 Å². The zero-order chi connectivity index (χ0) is 5.98. The van der Waals surface area contributed by atoms with Crippen molar-refractivity contribution in [3.8, 4) is 0 Å². The Morgan fingerprint density at radius 3 is 2.88 bits per heavy atom. The fourth-order valence-corrected chi connectivity index (χ4v) is 0.331. The van der Waals surface area contributed by atoms with Crippen molar-refractivity contribution in [3.63, 3.8) is 0 Å². The Balaban J connectivity index is 2.73. The molecule has 0 aliphatic carbocycles. The Morgan fingerprint density at radius 2 is 2.50 bits per heavy atom. The van der Waals surface area contributed by atoms with E-state index < -0.39 is 0 Å². The summed E-state index contributed by atoms with van der Waals surface area (Å²) < 4.78 is 0. The van der Waals surface area contributed by atoms with Gasteiger partial charge in [0.05, 0.1) is 6.20 Å². The molecule has 1 aliphatic rings. The molecule has 44 valence electrons. The van der Waals surface area contributed by atoms with E-state index in [0.29, 0.717) is 0 Å². The highest BCUT2D eigenvalue weighted by molar-refractivity contribution is 5.19. The maximum Gasteiger partial charge on any atom is 0.160 e. The van der Waals surface area contributed by atoms with Crippen molar-refractivity contribution in [2.24, 2.45) is 5.73 Å². The third-order valence-corrected chi connectivity index (χ3v) is 0.745. The average Bonchev–Trinajstić information content (AvgIpc) is 1.77. The van der Waals surface area contributed by atoms with Crippen LogP contribution in [0.5, 0.6) is 0 Å². The van der Waals surface area contributed by atoms with Gasteiger partial charge in [-0.05, 0) is 0 Å². The molecule has 0 spiro atoms. The lowest BCUT2D eigenvalue weighted by Gasteiger charge is -2.06. The molecule has 0 amide bonds. The van der Waals surface area contributed by atoms with Crippen molar-refractivity contribution in [2.75, 3.05) is 0 Å². The predicted molar refractivity (Wildman–Crippen MR) is 27.2 cm³/mol. The van der Waals surface area contributed by atoms with Crippen molar-refractivity contribution in [2.45, 2.75) is 0 Å². The molecule has 0 unspecified atom stereocenters. The molecule has 0 radical (unpaired) electrons. The Labute approximate surface area is 46.2 Å².